The van der Waals surface area contributed by atoms with E-state index in [9.17, 15) is 9.59 Å². The van der Waals surface area contributed by atoms with Gasteiger partial charge in [-0.25, -0.2) is 0 Å². The first kappa shape index (κ1) is 19.6. The van der Waals surface area contributed by atoms with Crippen LogP contribution in [-0.2, 0) is 17.9 Å². The lowest BCUT2D eigenvalue weighted by Gasteiger charge is -2.33. The normalized spacial score (nSPS) is 17.7. The Labute approximate surface area is 170 Å². The molecule has 0 bridgehead atoms. The summed E-state index contributed by atoms with van der Waals surface area (Å²) >= 11 is 0. The topological polar surface area (TPSA) is 97.4 Å². The molecule has 29 heavy (non-hydrogen) atoms. The van der Waals surface area contributed by atoms with Crippen molar-refractivity contribution >= 4 is 11.8 Å². The predicted octanol–water partition coefficient (Wildman–Crippen LogP) is 1.98. The number of amides is 2. The second-order valence-electron chi connectivity index (χ2n) is 8.42. The molecule has 0 saturated carbocycles. The molecule has 0 N–H and O–H groups in total. The number of piperidine rings is 1. The number of fused-ring (bicyclic) bond motifs is 1. The maximum absolute atomic E-state index is 12.7. The van der Waals surface area contributed by atoms with E-state index in [1.807, 2.05) is 4.90 Å². The van der Waals surface area contributed by atoms with Crippen molar-refractivity contribution in [3.8, 4) is 0 Å². The Bertz CT molecular complexity index is 894. The summed E-state index contributed by atoms with van der Waals surface area (Å²) in [6.45, 7) is 9.18. The molecule has 9 nitrogen and oxygen atoms in total. The first-order chi connectivity index (χ1) is 13.9. The van der Waals surface area contributed by atoms with Crippen LogP contribution < -0.4 is 0 Å². The lowest BCUT2D eigenvalue weighted by Crippen LogP contribution is -2.40. The number of rotatable bonds is 4. The van der Waals surface area contributed by atoms with Crippen LogP contribution in [0.15, 0.2) is 10.8 Å². The quantitative estimate of drug-likeness (QED) is 0.778. The van der Waals surface area contributed by atoms with Gasteiger partial charge in [0.15, 0.2) is 5.82 Å². The van der Waals surface area contributed by atoms with Crippen LogP contribution >= 0.6 is 0 Å². The summed E-state index contributed by atoms with van der Waals surface area (Å²) < 4.78 is 7.05. The van der Waals surface area contributed by atoms with Crippen LogP contribution in [0.4, 0.5) is 0 Å². The highest BCUT2D eigenvalue weighted by molar-refractivity contribution is 5.94. The molecule has 1 saturated heterocycles. The molecule has 4 rings (SSSR count). The molecule has 9 heteroatoms. The molecule has 4 heterocycles. The molecule has 0 unspecified atom stereocenters. The molecule has 0 aromatic carbocycles. The highest BCUT2D eigenvalue weighted by Gasteiger charge is 2.31. The van der Waals surface area contributed by atoms with Crippen LogP contribution in [0, 0.1) is 12.8 Å². The molecule has 0 radical (unpaired) electrons. The fourth-order valence-electron chi connectivity index (χ4n) is 4.19. The van der Waals surface area contributed by atoms with Gasteiger partial charge in [-0.05, 0) is 25.7 Å². The van der Waals surface area contributed by atoms with E-state index < -0.39 is 0 Å². The summed E-state index contributed by atoms with van der Waals surface area (Å²) in [5.41, 5.74) is 1.10. The number of nitrogens with zero attached hydrogens (tertiary/aromatic N) is 6. The average Bonchev–Trinajstić information content (AvgIpc) is 3.32. The van der Waals surface area contributed by atoms with Crippen LogP contribution in [0.1, 0.15) is 66.7 Å². The number of aryl methyl sites for hydroxylation is 1. The maximum Gasteiger partial charge on any atom is 0.259 e. The number of carbonyl (C=O) groups excluding carboxylic acids is 2. The number of likely N-dealkylation sites (tertiary alicyclic amines) is 1. The third-order valence-electron chi connectivity index (χ3n) is 5.85. The maximum atomic E-state index is 12.7. The Hall–Kier alpha value is -2.71. The minimum absolute atomic E-state index is 0.0866. The zero-order valence-electron chi connectivity index (χ0n) is 17.3. The second-order valence-corrected chi connectivity index (χ2v) is 8.42. The van der Waals surface area contributed by atoms with Crippen molar-refractivity contribution < 1.29 is 14.1 Å². The van der Waals surface area contributed by atoms with Gasteiger partial charge in [0.25, 0.3) is 5.91 Å². The summed E-state index contributed by atoms with van der Waals surface area (Å²) in [4.78, 5) is 28.7. The van der Waals surface area contributed by atoms with Crippen molar-refractivity contribution in [3.63, 3.8) is 0 Å². The van der Waals surface area contributed by atoms with E-state index in [0.29, 0.717) is 49.1 Å². The lowest BCUT2D eigenvalue weighted by molar-refractivity contribution is -0.133. The second kappa shape index (κ2) is 7.96. The standard InChI is InChI=1S/C20H28N6O3/c1-13(2)10-18(27)24-6-4-15(5-7-24)19-22-21-17-11-25(8-9-26(17)19)20(28)16-12-29-23-14(16)3/h12-13,15H,4-11H2,1-3H3. The molecular formula is C20H28N6O3. The van der Waals surface area contributed by atoms with Crippen LogP contribution in [0.3, 0.4) is 0 Å². The molecule has 0 atom stereocenters. The number of carbonyl (C=O) groups is 2. The van der Waals surface area contributed by atoms with Gasteiger partial charge in [0.05, 0.1) is 12.2 Å². The van der Waals surface area contributed by atoms with Gasteiger partial charge < -0.3 is 18.9 Å². The third-order valence-corrected chi connectivity index (χ3v) is 5.85. The van der Waals surface area contributed by atoms with E-state index in [4.69, 9.17) is 4.52 Å². The van der Waals surface area contributed by atoms with E-state index in [-0.39, 0.29) is 11.8 Å². The van der Waals surface area contributed by atoms with Crippen molar-refractivity contribution in [3.05, 3.63) is 29.2 Å². The zero-order chi connectivity index (χ0) is 20.5. The Balaban J connectivity index is 1.40. The van der Waals surface area contributed by atoms with Crippen molar-refractivity contribution in [1.29, 1.82) is 0 Å². The van der Waals surface area contributed by atoms with E-state index in [1.165, 1.54) is 6.26 Å². The van der Waals surface area contributed by atoms with E-state index in [2.05, 4.69) is 33.8 Å². The van der Waals surface area contributed by atoms with E-state index in [1.54, 1.807) is 11.8 Å². The Morgan fingerprint density at radius 1 is 1.14 bits per heavy atom. The van der Waals surface area contributed by atoms with Crippen LogP contribution in [-0.4, -0.2) is 61.2 Å². The third kappa shape index (κ3) is 3.90. The fraction of sp³-hybridized carbons (Fsp3) is 0.650. The van der Waals surface area contributed by atoms with Crippen molar-refractivity contribution in [2.24, 2.45) is 5.92 Å². The SMILES string of the molecule is Cc1nocc1C(=O)N1CCn2c(nnc2C2CCN(C(=O)CC(C)C)CC2)C1. The largest absolute Gasteiger partial charge is 0.364 e. The number of hydrogen-bond acceptors (Lipinski definition) is 6. The molecule has 0 spiro atoms. The fourth-order valence-corrected chi connectivity index (χ4v) is 4.19. The Morgan fingerprint density at radius 3 is 2.55 bits per heavy atom. The minimum Gasteiger partial charge on any atom is -0.364 e. The summed E-state index contributed by atoms with van der Waals surface area (Å²) in [5, 5.41) is 12.6. The van der Waals surface area contributed by atoms with Crippen LogP contribution in [0.2, 0.25) is 0 Å². The van der Waals surface area contributed by atoms with Crippen molar-refractivity contribution in [1.82, 2.24) is 29.7 Å². The lowest BCUT2D eigenvalue weighted by atomic mass is 9.95. The van der Waals surface area contributed by atoms with Gasteiger partial charge in [0, 0.05) is 38.5 Å². The zero-order valence-corrected chi connectivity index (χ0v) is 17.3. The van der Waals surface area contributed by atoms with Crippen molar-refractivity contribution in [2.45, 2.75) is 59.0 Å². The van der Waals surface area contributed by atoms with Crippen LogP contribution in [0.5, 0.6) is 0 Å². The summed E-state index contributed by atoms with van der Waals surface area (Å²) in [5.74, 6) is 2.66. The molecule has 2 amide bonds. The average molecular weight is 400 g/mol. The summed E-state index contributed by atoms with van der Waals surface area (Å²) in [6.07, 6.45) is 3.83. The highest BCUT2D eigenvalue weighted by Crippen LogP contribution is 2.29. The first-order valence-corrected chi connectivity index (χ1v) is 10.3. The van der Waals surface area contributed by atoms with Gasteiger partial charge in [-0.3, -0.25) is 9.59 Å². The summed E-state index contributed by atoms with van der Waals surface area (Å²) in [7, 11) is 0. The molecule has 0 aliphatic carbocycles. The van der Waals surface area contributed by atoms with Gasteiger partial charge in [0.2, 0.25) is 5.91 Å². The Kier molecular flexibility index (Phi) is 5.38. The predicted molar refractivity (Wildman–Crippen MR) is 104 cm³/mol. The smallest absolute Gasteiger partial charge is 0.259 e. The van der Waals surface area contributed by atoms with Gasteiger partial charge in [0.1, 0.15) is 17.7 Å². The van der Waals surface area contributed by atoms with Gasteiger partial charge >= 0.3 is 0 Å². The van der Waals surface area contributed by atoms with Crippen LogP contribution in [0.25, 0.3) is 0 Å². The molecule has 1 fully saturated rings. The first-order valence-electron chi connectivity index (χ1n) is 10.3. The van der Waals surface area contributed by atoms with E-state index in [0.717, 1.165) is 37.6 Å². The molecule has 156 valence electrons. The molecule has 2 aliphatic heterocycles. The van der Waals surface area contributed by atoms with E-state index >= 15 is 0 Å². The number of aromatic nitrogens is 4. The molecular weight excluding hydrogens is 372 g/mol. The van der Waals surface area contributed by atoms with Gasteiger partial charge in [-0.15, -0.1) is 10.2 Å². The summed E-state index contributed by atoms with van der Waals surface area (Å²) in [6, 6.07) is 0. The molecule has 2 aromatic rings. The molecule has 2 aliphatic rings. The van der Waals surface area contributed by atoms with Gasteiger partial charge in [-0.2, -0.15) is 0 Å². The van der Waals surface area contributed by atoms with Crippen molar-refractivity contribution in [2.75, 3.05) is 19.6 Å². The number of hydrogen-bond donors (Lipinski definition) is 0. The minimum atomic E-state index is -0.0866. The molecule has 2 aromatic heterocycles. The monoisotopic (exact) mass is 400 g/mol. The van der Waals surface area contributed by atoms with Gasteiger partial charge in [-0.1, -0.05) is 19.0 Å². The Morgan fingerprint density at radius 2 is 1.90 bits per heavy atom. The highest BCUT2D eigenvalue weighted by atomic mass is 16.5.